The number of nitrogens with zero attached hydrogens (tertiary/aromatic N) is 1. The number of alkyl halides is 2. The van der Waals surface area contributed by atoms with E-state index in [4.69, 9.17) is 9.84 Å². The topological polar surface area (TPSA) is 54.4 Å². The Labute approximate surface area is 92.3 Å². The molecule has 0 aromatic carbocycles. The van der Waals surface area contributed by atoms with Crippen LogP contribution in [0.3, 0.4) is 0 Å². The van der Waals surface area contributed by atoms with Crippen LogP contribution in [-0.2, 0) is 6.54 Å². The van der Waals surface area contributed by atoms with Gasteiger partial charge in [0.2, 0.25) is 5.88 Å². The van der Waals surface area contributed by atoms with Gasteiger partial charge < -0.3 is 15.2 Å². The zero-order chi connectivity index (χ0) is 12.0. The van der Waals surface area contributed by atoms with Gasteiger partial charge in [-0.3, -0.25) is 0 Å². The van der Waals surface area contributed by atoms with E-state index in [1.165, 1.54) is 7.11 Å². The van der Waals surface area contributed by atoms with Gasteiger partial charge in [0.1, 0.15) is 6.10 Å². The minimum absolute atomic E-state index is 0.170. The summed E-state index contributed by atoms with van der Waals surface area (Å²) in [7, 11) is 1.50. The molecule has 0 bridgehead atoms. The molecule has 0 radical (unpaired) electrons. The number of methoxy groups -OCH3 is 1. The highest BCUT2D eigenvalue weighted by atomic mass is 19.3. The van der Waals surface area contributed by atoms with Crippen LogP contribution < -0.4 is 10.1 Å². The first-order valence-electron chi connectivity index (χ1n) is 4.80. The molecule has 1 rings (SSSR count). The lowest BCUT2D eigenvalue weighted by atomic mass is 10.3. The number of aliphatic hydroxyl groups excluding tert-OH is 1. The molecule has 1 atom stereocenters. The average Bonchev–Trinajstić information content (AvgIpc) is 2.29. The monoisotopic (exact) mass is 232 g/mol. The van der Waals surface area contributed by atoms with E-state index < -0.39 is 12.5 Å². The average molecular weight is 232 g/mol. The van der Waals surface area contributed by atoms with Gasteiger partial charge in [0.15, 0.2) is 0 Å². The lowest BCUT2D eigenvalue weighted by Gasteiger charge is -2.10. The van der Waals surface area contributed by atoms with Crippen molar-refractivity contribution in [3.8, 4) is 5.88 Å². The predicted octanol–water partition coefficient (Wildman–Crippen LogP) is 0.806. The third-order valence-corrected chi connectivity index (χ3v) is 1.94. The molecule has 0 aliphatic heterocycles. The molecule has 1 unspecified atom stereocenters. The molecule has 0 saturated heterocycles. The minimum Gasteiger partial charge on any atom is -0.481 e. The number of rotatable bonds is 6. The molecule has 6 heteroatoms. The summed E-state index contributed by atoms with van der Waals surface area (Å²) in [6.07, 6.45) is -4.38. The summed E-state index contributed by atoms with van der Waals surface area (Å²) < 4.78 is 28.8. The van der Waals surface area contributed by atoms with Crippen molar-refractivity contribution in [2.24, 2.45) is 0 Å². The number of pyridine rings is 1. The van der Waals surface area contributed by atoms with Gasteiger partial charge in [0.25, 0.3) is 6.43 Å². The first-order valence-corrected chi connectivity index (χ1v) is 4.80. The molecule has 16 heavy (non-hydrogen) atoms. The lowest BCUT2D eigenvalue weighted by molar-refractivity contribution is -0.00344. The van der Waals surface area contributed by atoms with Crippen LogP contribution in [0.4, 0.5) is 8.78 Å². The number of hydrogen-bond acceptors (Lipinski definition) is 4. The summed E-state index contributed by atoms with van der Waals surface area (Å²) in [5, 5.41) is 11.5. The maximum atomic E-state index is 11.9. The first-order chi connectivity index (χ1) is 7.63. The van der Waals surface area contributed by atoms with Crippen molar-refractivity contribution < 1.29 is 18.6 Å². The van der Waals surface area contributed by atoms with Crippen molar-refractivity contribution in [3.63, 3.8) is 0 Å². The van der Waals surface area contributed by atoms with Gasteiger partial charge in [-0.25, -0.2) is 13.8 Å². The summed E-state index contributed by atoms with van der Waals surface area (Å²) in [6, 6.07) is 5.19. The van der Waals surface area contributed by atoms with Crippen LogP contribution in [-0.4, -0.2) is 36.3 Å². The Hall–Kier alpha value is -1.27. The highest BCUT2D eigenvalue weighted by molar-refractivity contribution is 5.15. The molecule has 0 amide bonds. The smallest absolute Gasteiger partial charge is 0.265 e. The van der Waals surface area contributed by atoms with Crippen molar-refractivity contribution in [2.45, 2.75) is 19.1 Å². The lowest BCUT2D eigenvalue weighted by Crippen LogP contribution is -2.31. The second-order valence-electron chi connectivity index (χ2n) is 3.20. The zero-order valence-electron chi connectivity index (χ0n) is 8.86. The third kappa shape index (κ3) is 4.08. The van der Waals surface area contributed by atoms with Crippen molar-refractivity contribution in [2.75, 3.05) is 13.7 Å². The normalized spacial score (nSPS) is 12.8. The number of ether oxygens (including phenoxy) is 1. The van der Waals surface area contributed by atoms with Crippen molar-refractivity contribution >= 4 is 0 Å². The maximum Gasteiger partial charge on any atom is 0.265 e. The zero-order valence-corrected chi connectivity index (χ0v) is 8.86. The van der Waals surface area contributed by atoms with E-state index >= 15 is 0 Å². The standard InChI is InChI=1S/C10H14F2N2O2/c1-16-9-4-2-3-7(14-9)5-13-6-8(15)10(11)12/h2-4,8,10,13,15H,5-6H2,1H3. The van der Waals surface area contributed by atoms with Gasteiger partial charge in [-0.15, -0.1) is 0 Å². The molecule has 4 nitrogen and oxygen atoms in total. The largest absolute Gasteiger partial charge is 0.481 e. The van der Waals surface area contributed by atoms with E-state index in [0.717, 1.165) is 0 Å². The Kier molecular flexibility index (Phi) is 5.07. The second kappa shape index (κ2) is 6.34. The van der Waals surface area contributed by atoms with Gasteiger partial charge in [-0.1, -0.05) is 6.07 Å². The molecule has 1 aromatic rings. The molecule has 0 spiro atoms. The fraction of sp³-hybridized carbons (Fsp3) is 0.500. The van der Waals surface area contributed by atoms with E-state index in [9.17, 15) is 8.78 Å². The molecule has 0 aliphatic rings. The fourth-order valence-corrected chi connectivity index (χ4v) is 1.11. The Morgan fingerprint density at radius 3 is 2.88 bits per heavy atom. The van der Waals surface area contributed by atoms with Crippen LogP contribution in [0, 0.1) is 0 Å². The van der Waals surface area contributed by atoms with Crippen LogP contribution in [0.5, 0.6) is 5.88 Å². The van der Waals surface area contributed by atoms with E-state index in [-0.39, 0.29) is 6.54 Å². The Balaban J connectivity index is 2.37. The van der Waals surface area contributed by atoms with Crippen LogP contribution >= 0.6 is 0 Å². The van der Waals surface area contributed by atoms with E-state index in [1.54, 1.807) is 18.2 Å². The summed E-state index contributed by atoms with van der Waals surface area (Å²) in [6.45, 7) is 0.136. The quantitative estimate of drug-likeness (QED) is 0.762. The third-order valence-electron chi connectivity index (χ3n) is 1.94. The van der Waals surface area contributed by atoms with Crippen LogP contribution in [0.15, 0.2) is 18.2 Å². The Morgan fingerprint density at radius 2 is 2.25 bits per heavy atom. The van der Waals surface area contributed by atoms with Gasteiger partial charge in [0, 0.05) is 19.2 Å². The molecule has 1 heterocycles. The first kappa shape index (κ1) is 12.8. The number of hydrogen-bond donors (Lipinski definition) is 2. The van der Waals surface area contributed by atoms with Gasteiger partial charge in [-0.05, 0) is 6.07 Å². The molecule has 2 N–H and O–H groups in total. The van der Waals surface area contributed by atoms with Crippen LogP contribution in [0.2, 0.25) is 0 Å². The van der Waals surface area contributed by atoms with Gasteiger partial charge >= 0.3 is 0 Å². The highest BCUT2D eigenvalue weighted by Gasteiger charge is 2.15. The van der Waals surface area contributed by atoms with Crippen molar-refractivity contribution in [1.29, 1.82) is 0 Å². The maximum absolute atomic E-state index is 11.9. The Morgan fingerprint density at radius 1 is 1.50 bits per heavy atom. The molecule has 0 aliphatic carbocycles. The number of nitrogens with one attached hydrogen (secondary N) is 1. The van der Waals surface area contributed by atoms with Crippen molar-refractivity contribution in [1.82, 2.24) is 10.3 Å². The highest BCUT2D eigenvalue weighted by Crippen LogP contribution is 2.06. The Bertz CT molecular complexity index is 323. The number of aromatic nitrogens is 1. The van der Waals surface area contributed by atoms with Crippen molar-refractivity contribution in [3.05, 3.63) is 23.9 Å². The van der Waals surface area contributed by atoms with Gasteiger partial charge in [-0.2, -0.15) is 0 Å². The molecule has 1 aromatic heterocycles. The van der Waals surface area contributed by atoms with E-state index in [2.05, 4.69) is 10.3 Å². The molecular formula is C10H14F2N2O2. The molecule has 0 saturated carbocycles. The number of aliphatic hydroxyl groups is 1. The van der Waals surface area contributed by atoms with E-state index in [0.29, 0.717) is 18.1 Å². The minimum atomic E-state index is -2.73. The van der Waals surface area contributed by atoms with E-state index in [1.807, 2.05) is 0 Å². The SMILES string of the molecule is COc1cccc(CNCC(O)C(F)F)n1. The summed E-state index contributed by atoms with van der Waals surface area (Å²) in [5.41, 5.74) is 0.667. The molecular weight excluding hydrogens is 218 g/mol. The summed E-state index contributed by atoms with van der Waals surface area (Å²) in [5.74, 6) is 0.466. The molecule has 90 valence electrons. The molecule has 0 fully saturated rings. The predicted molar refractivity (Wildman–Crippen MR) is 54.5 cm³/mol. The summed E-state index contributed by atoms with van der Waals surface area (Å²) >= 11 is 0. The van der Waals surface area contributed by atoms with Crippen LogP contribution in [0.1, 0.15) is 5.69 Å². The van der Waals surface area contributed by atoms with Gasteiger partial charge in [0.05, 0.1) is 12.8 Å². The summed E-state index contributed by atoms with van der Waals surface area (Å²) in [4.78, 5) is 4.08. The fourth-order valence-electron chi connectivity index (χ4n) is 1.11. The van der Waals surface area contributed by atoms with Crippen LogP contribution in [0.25, 0.3) is 0 Å². The second-order valence-corrected chi connectivity index (χ2v) is 3.20. The number of halogens is 2.